The normalized spacial score (nSPS) is 17.0. The number of aliphatic hydroxyl groups excluding tert-OH is 1. The van der Waals surface area contributed by atoms with Crippen LogP contribution < -0.4 is 0 Å². The Morgan fingerprint density at radius 1 is 0.860 bits per heavy atom. The number of hydrogen-bond acceptors (Lipinski definition) is 7. The van der Waals surface area contributed by atoms with Crippen molar-refractivity contribution in [2.24, 2.45) is 11.8 Å². The smallest absolute Gasteiger partial charge is 0.338 e. The molecule has 0 radical (unpaired) electrons. The number of aliphatic hydroxyl groups is 1. The van der Waals surface area contributed by atoms with E-state index in [1.165, 1.54) is 25.7 Å². The zero-order valence-corrected chi connectivity index (χ0v) is 25.6. The molecule has 0 amide bonds. The third-order valence-electron chi connectivity index (χ3n) is 7.94. The number of esters is 3. The molecule has 3 rings (SSSR count). The number of unbranched alkanes of at least 4 members (excludes halogenated alkanes) is 2. The molecule has 1 aliphatic rings. The molecule has 0 bridgehead atoms. The summed E-state index contributed by atoms with van der Waals surface area (Å²) in [6.45, 7) is 10.4. The summed E-state index contributed by atoms with van der Waals surface area (Å²) in [5.41, 5.74) is 3.73. The molecule has 1 fully saturated rings. The summed E-state index contributed by atoms with van der Waals surface area (Å²) in [6, 6.07) is 15.4. The van der Waals surface area contributed by atoms with Crippen LogP contribution in [0.15, 0.2) is 72.8 Å². The van der Waals surface area contributed by atoms with Crippen molar-refractivity contribution in [3.63, 3.8) is 0 Å². The van der Waals surface area contributed by atoms with E-state index in [0.29, 0.717) is 12.0 Å². The maximum Gasteiger partial charge on any atom is 0.338 e. The van der Waals surface area contributed by atoms with Gasteiger partial charge in [-0.15, -0.1) is 0 Å². The number of benzene rings is 2. The van der Waals surface area contributed by atoms with Crippen LogP contribution in [0.5, 0.6) is 0 Å². The van der Waals surface area contributed by atoms with Crippen LogP contribution in [0.3, 0.4) is 0 Å². The first kappa shape index (κ1) is 33.8. The minimum atomic E-state index is -0.688. The maximum absolute atomic E-state index is 12.8. The zero-order chi connectivity index (χ0) is 31.2. The molecule has 43 heavy (non-hydrogen) atoms. The fraction of sp³-hybridized carbons (Fsp3) is 0.472. The van der Waals surface area contributed by atoms with E-state index in [1.54, 1.807) is 6.92 Å². The second kappa shape index (κ2) is 17.4. The van der Waals surface area contributed by atoms with Gasteiger partial charge in [0.1, 0.15) is 6.10 Å². The maximum atomic E-state index is 12.8. The Hall–Kier alpha value is -3.71. The van der Waals surface area contributed by atoms with Crippen LogP contribution in [0.25, 0.3) is 11.1 Å². The molecule has 1 N–H and O–H groups in total. The van der Waals surface area contributed by atoms with E-state index in [1.807, 2.05) is 48.5 Å². The van der Waals surface area contributed by atoms with E-state index in [4.69, 9.17) is 19.3 Å². The number of ether oxygens (including phenoxy) is 3. The van der Waals surface area contributed by atoms with Gasteiger partial charge in [0.25, 0.3) is 0 Å². The lowest BCUT2D eigenvalue weighted by Crippen LogP contribution is -2.24. The highest BCUT2D eigenvalue weighted by Gasteiger charge is 2.24. The molecule has 7 nitrogen and oxygen atoms in total. The highest BCUT2D eigenvalue weighted by Crippen LogP contribution is 2.30. The molecule has 7 heteroatoms. The summed E-state index contributed by atoms with van der Waals surface area (Å²) in [7, 11) is 0. The molecule has 2 aromatic carbocycles. The number of rotatable bonds is 16. The van der Waals surface area contributed by atoms with Crippen molar-refractivity contribution >= 4 is 17.9 Å². The molecule has 1 unspecified atom stereocenters. The lowest BCUT2D eigenvalue weighted by molar-refractivity contribution is -0.144. The molecular formula is C36H46O7. The Morgan fingerprint density at radius 2 is 1.44 bits per heavy atom. The van der Waals surface area contributed by atoms with Crippen LogP contribution in [0.4, 0.5) is 0 Å². The number of hydrogen-bond donors (Lipinski definition) is 1. The van der Waals surface area contributed by atoms with Gasteiger partial charge in [0.15, 0.2) is 0 Å². The Morgan fingerprint density at radius 3 is 2.00 bits per heavy atom. The van der Waals surface area contributed by atoms with Crippen LogP contribution in [0, 0.1) is 11.8 Å². The fourth-order valence-corrected chi connectivity index (χ4v) is 5.25. The van der Waals surface area contributed by atoms with Crippen molar-refractivity contribution in [2.45, 2.75) is 77.7 Å². The van der Waals surface area contributed by atoms with Gasteiger partial charge in [0, 0.05) is 11.5 Å². The minimum Gasteiger partial charge on any atom is -0.462 e. The fourth-order valence-electron chi connectivity index (χ4n) is 5.25. The SMILES string of the molecule is C=C(C)C(=O)OCC(COC(=O)C(=C)CO)Cc1ccc(-c2ccc(C(=O)OC3CCC(CCCCC)CC3)cc2)cc1. The van der Waals surface area contributed by atoms with Crippen LogP contribution >= 0.6 is 0 Å². The van der Waals surface area contributed by atoms with Crippen molar-refractivity contribution < 1.29 is 33.7 Å². The first-order valence-electron chi connectivity index (χ1n) is 15.4. The van der Waals surface area contributed by atoms with Crippen LogP contribution in [0.2, 0.25) is 0 Å². The first-order chi connectivity index (χ1) is 20.7. The van der Waals surface area contributed by atoms with Crippen molar-refractivity contribution in [1.29, 1.82) is 0 Å². The molecular weight excluding hydrogens is 544 g/mol. The van der Waals surface area contributed by atoms with Crippen LogP contribution in [0.1, 0.15) is 81.1 Å². The summed E-state index contributed by atoms with van der Waals surface area (Å²) in [4.78, 5) is 36.6. The van der Waals surface area contributed by atoms with Gasteiger partial charge >= 0.3 is 17.9 Å². The van der Waals surface area contributed by atoms with Crippen molar-refractivity contribution in [1.82, 2.24) is 0 Å². The number of carbonyl (C=O) groups excluding carboxylic acids is 3. The lowest BCUT2D eigenvalue weighted by atomic mass is 9.84. The topological polar surface area (TPSA) is 99.1 Å². The standard InChI is InChI=1S/C36H46O7/c1-5-6-7-8-27-11-19-33(20-12-27)43-36(40)32-17-15-31(16-18-32)30-13-9-28(10-14-30)21-29(23-41-34(38)25(2)3)24-42-35(39)26(4)22-37/h9-10,13-18,27,29,33,37H,2,4-8,11-12,19-24H2,1,3H3. The van der Waals surface area contributed by atoms with E-state index < -0.39 is 18.5 Å². The Bertz CT molecular complexity index is 1220. The summed E-state index contributed by atoms with van der Waals surface area (Å²) in [6.07, 6.45) is 9.82. The quantitative estimate of drug-likeness (QED) is 0.0971. The largest absolute Gasteiger partial charge is 0.462 e. The monoisotopic (exact) mass is 590 g/mol. The zero-order valence-electron chi connectivity index (χ0n) is 25.6. The van der Waals surface area contributed by atoms with Crippen LogP contribution in [-0.2, 0) is 30.2 Å². The highest BCUT2D eigenvalue weighted by atomic mass is 16.6. The average Bonchev–Trinajstić information content (AvgIpc) is 3.02. The predicted octanol–water partition coefficient (Wildman–Crippen LogP) is 7.02. The molecule has 2 aromatic rings. The molecule has 1 saturated carbocycles. The van der Waals surface area contributed by atoms with E-state index in [9.17, 15) is 14.4 Å². The average molecular weight is 591 g/mol. The lowest BCUT2D eigenvalue weighted by Gasteiger charge is -2.28. The third-order valence-corrected chi connectivity index (χ3v) is 7.94. The van der Waals surface area contributed by atoms with Crippen molar-refractivity contribution in [3.05, 3.63) is 84.0 Å². The van der Waals surface area contributed by atoms with Gasteiger partial charge in [-0.2, -0.15) is 0 Å². The van der Waals surface area contributed by atoms with Gasteiger partial charge in [0.2, 0.25) is 0 Å². The molecule has 0 aromatic heterocycles. The van der Waals surface area contributed by atoms with Gasteiger partial charge < -0.3 is 19.3 Å². The molecule has 0 aliphatic heterocycles. The summed E-state index contributed by atoms with van der Waals surface area (Å²) in [5.74, 6) is -0.994. The van der Waals surface area contributed by atoms with E-state index >= 15 is 0 Å². The highest BCUT2D eigenvalue weighted by molar-refractivity contribution is 5.90. The van der Waals surface area contributed by atoms with E-state index in [-0.39, 0.29) is 42.4 Å². The van der Waals surface area contributed by atoms with E-state index in [0.717, 1.165) is 48.3 Å². The van der Waals surface area contributed by atoms with Gasteiger partial charge in [-0.25, -0.2) is 14.4 Å². The molecule has 1 aliphatic carbocycles. The van der Waals surface area contributed by atoms with E-state index in [2.05, 4.69) is 20.1 Å². The van der Waals surface area contributed by atoms with Crippen molar-refractivity contribution in [2.75, 3.05) is 19.8 Å². The summed E-state index contributed by atoms with van der Waals surface area (Å²) >= 11 is 0. The van der Waals surface area contributed by atoms with Gasteiger partial charge in [0.05, 0.1) is 31.0 Å². The summed E-state index contributed by atoms with van der Waals surface area (Å²) < 4.78 is 16.4. The number of carbonyl (C=O) groups is 3. The Labute approximate surface area is 255 Å². The second-order valence-electron chi connectivity index (χ2n) is 11.6. The Balaban J connectivity index is 1.54. The predicted molar refractivity (Wildman–Crippen MR) is 167 cm³/mol. The Kier molecular flexibility index (Phi) is 13.7. The second-order valence-corrected chi connectivity index (χ2v) is 11.6. The summed E-state index contributed by atoms with van der Waals surface area (Å²) in [5, 5.41) is 9.11. The van der Waals surface area contributed by atoms with Crippen molar-refractivity contribution in [3.8, 4) is 11.1 Å². The molecule has 0 heterocycles. The molecule has 232 valence electrons. The molecule has 1 atom stereocenters. The van der Waals surface area contributed by atoms with Crippen LogP contribution in [-0.4, -0.2) is 48.9 Å². The van der Waals surface area contributed by atoms with Gasteiger partial charge in [-0.1, -0.05) is 82.2 Å². The molecule has 0 saturated heterocycles. The molecule has 0 spiro atoms. The third kappa shape index (κ3) is 11.1. The minimum absolute atomic E-state index is 0.00103. The van der Waals surface area contributed by atoms with Gasteiger partial charge in [-0.05, 0) is 73.8 Å². The first-order valence-corrected chi connectivity index (χ1v) is 15.4. The van der Waals surface area contributed by atoms with Gasteiger partial charge in [-0.3, -0.25) is 0 Å².